The minimum atomic E-state index is -0.518. The van der Waals surface area contributed by atoms with Crippen molar-refractivity contribution in [2.24, 2.45) is 0 Å². The van der Waals surface area contributed by atoms with Crippen LogP contribution in [0.2, 0.25) is 0 Å². The van der Waals surface area contributed by atoms with Crippen molar-refractivity contribution in [3.05, 3.63) is 65.0 Å². The summed E-state index contributed by atoms with van der Waals surface area (Å²) in [6.07, 6.45) is 0. The van der Waals surface area contributed by atoms with Gasteiger partial charge in [0, 0.05) is 17.5 Å². The summed E-state index contributed by atoms with van der Waals surface area (Å²) < 4.78 is 0.897. The molecule has 0 fully saturated rings. The summed E-state index contributed by atoms with van der Waals surface area (Å²) >= 11 is 0. The molecule has 0 aliphatic carbocycles. The average molecular weight is 293 g/mol. The lowest BCUT2D eigenvalue weighted by molar-refractivity contribution is 0.239. The number of hydrogen-bond acceptors (Lipinski definition) is 3. The molecular formula is C17H15N3O2. The predicted molar refractivity (Wildman–Crippen MR) is 85.9 cm³/mol. The lowest BCUT2D eigenvalue weighted by Crippen LogP contribution is -2.38. The van der Waals surface area contributed by atoms with Gasteiger partial charge in [0.25, 0.3) is 5.56 Å². The molecule has 1 heterocycles. The van der Waals surface area contributed by atoms with Crippen molar-refractivity contribution >= 4 is 16.8 Å². The summed E-state index contributed by atoms with van der Waals surface area (Å²) in [5, 5.41) is 8.10. The van der Waals surface area contributed by atoms with E-state index in [9.17, 15) is 9.59 Å². The van der Waals surface area contributed by atoms with Gasteiger partial charge < -0.3 is 5.32 Å². The van der Waals surface area contributed by atoms with Crippen molar-refractivity contribution in [2.75, 3.05) is 6.54 Å². The molecule has 0 atom stereocenters. The molecule has 0 aliphatic rings. The normalized spacial score (nSPS) is 10.6. The number of nitrogens with zero attached hydrogens (tertiary/aromatic N) is 2. The van der Waals surface area contributed by atoms with Gasteiger partial charge in [0.15, 0.2) is 0 Å². The van der Waals surface area contributed by atoms with E-state index in [0.29, 0.717) is 17.6 Å². The summed E-state index contributed by atoms with van der Waals surface area (Å²) in [6.45, 7) is 2.22. The highest BCUT2D eigenvalue weighted by atomic mass is 16.2. The Morgan fingerprint density at radius 3 is 2.36 bits per heavy atom. The third kappa shape index (κ3) is 2.37. The highest BCUT2D eigenvalue weighted by Gasteiger charge is 2.15. The van der Waals surface area contributed by atoms with Crippen molar-refractivity contribution in [3.8, 4) is 11.3 Å². The monoisotopic (exact) mass is 293 g/mol. The average Bonchev–Trinajstić information content (AvgIpc) is 2.56. The van der Waals surface area contributed by atoms with Crippen LogP contribution >= 0.6 is 0 Å². The third-order valence-electron chi connectivity index (χ3n) is 3.37. The van der Waals surface area contributed by atoms with Crippen LogP contribution < -0.4 is 10.9 Å². The van der Waals surface area contributed by atoms with Crippen molar-refractivity contribution < 1.29 is 4.79 Å². The minimum absolute atomic E-state index is 0.416. The van der Waals surface area contributed by atoms with Gasteiger partial charge in [-0.15, -0.1) is 4.68 Å². The zero-order valence-corrected chi connectivity index (χ0v) is 12.1. The van der Waals surface area contributed by atoms with Crippen molar-refractivity contribution in [1.29, 1.82) is 0 Å². The molecule has 110 valence electrons. The lowest BCUT2D eigenvalue weighted by Gasteiger charge is -2.10. The zero-order valence-electron chi connectivity index (χ0n) is 12.1. The number of aromatic nitrogens is 2. The van der Waals surface area contributed by atoms with E-state index < -0.39 is 11.6 Å². The van der Waals surface area contributed by atoms with E-state index >= 15 is 0 Å². The molecule has 3 rings (SSSR count). The maximum absolute atomic E-state index is 12.5. The van der Waals surface area contributed by atoms with Gasteiger partial charge in [0.1, 0.15) is 0 Å². The highest BCUT2D eigenvalue weighted by molar-refractivity contribution is 5.95. The molecule has 0 radical (unpaired) electrons. The van der Waals surface area contributed by atoms with Crippen molar-refractivity contribution in [1.82, 2.24) is 15.1 Å². The Hall–Kier alpha value is -2.95. The lowest BCUT2D eigenvalue weighted by atomic mass is 10.1. The summed E-state index contributed by atoms with van der Waals surface area (Å²) in [5.41, 5.74) is 1.06. The molecule has 0 unspecified atom stereocenters. The van der Waals surface area contributed by atoms with Gasteiger partial charge in [-0.25, -0.2) is 4.79 Å². The standard InChI is InChI=1S/C17H15N3O2/c1-2-18-17(22)20-16(21)14-11-7-6-10-13(14)15(19-20)12-8-4-3-5-9-12/h3-11H,2H2,1H3,(H,18,22). The number of carbonyl (C=O) groups excluding carboxylic acids is 1. The zero-order chi connectivity index (χ0) is 15.5. The fourth-order valence-corrected chi connectivity index (χ4v) is 2.36. The molecule has 0 bridgehead atoms. The molecule has 22 heavy (non-hydrogen) atoms. The number of nitrogens with one attached hydrogen (secondary N) is 1. The van der Waals surface area contributed by atoms with Crippen LogP contribution in [0.15, 0.2) is 59.4 Å². The van der Waals surface area contributed by atoms with E-state index in [1.165, 1.54) is 0 Å². The first-order chi connectivity index (χ1) is 10.7. The SMILES string of the molecule is CCNC(=O)n1nc(-c2ccccc2)c2ccccc2c1=O. The van der Waals surface area contributed by atoms with E-state index in [-0.39, 0.29) is 0 Å². The number of fused-ring (bicyclic) bond motifs is 1. The van der Waals surface area contributed by atoms with Crippen LogP contribution in [0.4, 0.5) is 4.79 Å². The van der Waals surface area contributed by atoms with Crippen LogP contribution in [0.5, 0.6) is 0 Å². The first-order valence-corrected chi connectivity index (χ1v) is 7.08. The number of carbonyl (C=O) groups is 1. The largest absolute Gasteiger partial charge is 0.345 e. The van der Waals surface area contributed by atoms with E-state index in [2.05, 4.69) is 10.4 Å². The quantitative estimate of drug-likeness (QED) is 0.790. The fraction of sp³-hybridized carbons (Fsp3) is 0.118. The van der Waals surface area contributed by atoms with Crippen LogP contribution in [-0.4, -0.2) is 22.4 Å². The molecule has 3 aromatic rings. The molecule has 5 heteroatoms. The van der Waals surface area contributed by atoms with Gasteiger partial charge in [0.05, 0.1) is 11.1 Å². The molecule has 1 amide bonds. The smallest absolute Gasteiger partial charge is 0.336 e. The van der Waals surface area contributed by atoms with Crippen LogP contribution in [0.3, 0.4) is 0 Å². The number of amides is 1. The number of benzene rings is 2. The Bertz CT molecular complexity index is 885. The van der Waals surface area contributed by atoms with Crippen molar-refractivity contribution in [3.63, 3.8) is 0 Å². The summed E-state index contributed by atoms with van der Waals surface area (Å²) in [5.74, 6) is 0. The fourth-order valence-electron chi connectivity index (χ4n) is 2.36. The minimum Gasteiger partial charge on any atom is -0.336 e. The van der Waals surface area contributed by atoms with E-state index in [4.69, 9.17) is 0 Å². The Balaban J connectivity index is 2.34. The third-order valence-corrected chi connectivity index (χ3v) is 3.37. The van der Waals surface area contributed by atoms with E-state index in [1.807, 2.05) is 42.5 Å². The van der Waals surface area contributed by atoms with Gasteiger partial charge in [-0.2, -0.15) is 5.10 Å². The molecular weight excluding hydrogens is 278 g/mol. The topological polar surface area (TPSA) is 64.0 Å². The van der Waals surface area contributed by atoms with E-state index in [0.717, 1.165) is 15.6 Å². The van der Waals surface area contributed by atoms with Crippen molar-refractivity contribution in [2.45, 2.75) is 6.92 Å². The molecule has 1 aromatic heterocycles. The van der Waals surface area contributed by atoms with Crippen LogP contribution in [0.1, 0.15) is 6.92 Å². The Kier molecular flexibility index (Phi) is 3.70. The van der Waals surface area contributed by atoms with Crippen LogP contribution in [0, 0.1) is 0 Å². The van der Waals surface area contributed by atoms with Gasteiger partial charge in [-0.05, 0) is 13.0 Å². The Labute approximate surface area is 127 Å². The van der Waals surface area contributed by atoms with Gasteiger partial charge in [0.2, 0.25) is 0 Å². The van der Waals surface area contributed by atoms with Gasteiger partial charge in [-0.1, -0.05) is 48.5 Å². The maximum atomic E-state index is 12.5. The second-order valence-electron chi connectivity index (χ2n) is 4.81. The first kappa shape index (κ1) is 14.0. The molecule has 0 spiro atoms. The second kappa shape index (κ2) is 5.81. The summed E-state index contributed by atoms with van der Waals surface area (Å²) in [7, 11) is 0. The number of rotatable bonds is 2. The van der Waals surface area contributed by atoms with Gasteiger partial charge >= 0.3 is 6.03 Å². The Morgan fingerprint density at radius 2 is 1.68 bits per heavy atom. The molecule has 0 saturated heterocycles. The summed E-state index contributed by atoms with van der Waals surface area (Å²) in [4.78, 5) is 24.5. The molecule has 0 saturated carbocycles. The first-order valence-electron chi connectivity index (χ1n) is 7.08. The second-order valence-corrected chi connectivity index (χ2v) is 4.81. The van der Waals surface area contributed by atoms with E-state index in [1.54, 1.807) is 19.1 Å². The van der Waals surface area contributed by atoms with Gasteiger partial charge in [-0.3, -0.25) is 4.79 Å². The maximum Gasteiger partial charge on any atom is 0.345 e. The molecule has 2 aromatic carbocycles. The molecule has 5 nitrogen and oxygen atoms in total. The van der Waals surface area contributed by atoms with Crippen LogP contribution in [0.25, 0.3) is 22.0 Å². The summed E-state index contributed by atoms with van der Waals surface area (Å²) in [6, 6.07) is 16.2. The van der Waals surface area contributed by atoms with Crippen LogP contribution in [-0.2, 0) is 0 Å². The molecule has 0 aliphatic heterocycles. The highest BCUT2D eigenvalue weighted by Crippen LogP contribution is 2.24. The Morgan fingerprint density at radius 1 is 1.05 bits per heavy atom. The predicted octanol–water partition coefficient (Wildman–Crippen LogP) is 2.64. The number of hydrogen-bond donors (Lipinski definition) is 1. The molecule has 1 N–H and O–H groups in total.